The molecular formula is C9H12N4O3S. The number of amides is 1. The molecule has 0 atom stereocenters. The lowest BCUT2D eigenvalue weighted by Gasteiger charge is -2.04. The highest BCUT2D eigenvalue weighted by molar-refractivity contribution is 7.98. The number of hydrogen-bond donors (Lipinski definition) is 2. The van der Waals surface area contributed by atoms with Crippen molar-refractivity contribution in [3.8, 4) is 0 Å². The molecule has 1 heterocycles. The Bertz CT molecular complexity index is 438. The molecule has 8 heteroatoms. The fraction of sp³-hybridized carbons (Fsp3) is 0.333. The smallest absolute Gasteiger partial charge is 0.302 e. The summed E-state index contributed by atoms with van der Waals surface area (Å²) in [7, 11) is 0. The van der Waals surface area contributed by atoms with Crippen LogP contribution in [0.25, 0.3) is 0 Å². The summed E-state index contributed by atoms with van der Waals surface area (Å²) in [6.07, 6.45) is 2.99. The molecule has 0 unspecified atom stereocenters. The predicted octanol–water partition coefficient (Wildman–Crippen LogP) is 0.400. The quantitative estimate of drug-likeness (QED) is 0.448. The van der Waals surface area contributed by atoms with Crippen LogP contribution in [0, 0.1) is 10.1 Å². The van der Waals surface area contributed by atoms with Crippen LogP contribution in [-0.4, -0.2) is 35.2 Å². The second-order valence-corrected chi connectivity index (χ2v) is 3.85. The van der Waals surface area contributed by atoms with E-state index in [0.717, 1.165) is 11.8 Å². The van der Waals surface area contributed by atoms with E-state index in [0.29, 0.717) is 13.1 Å². The van der Waals surface area contributed by atoms with E-state index in [9.17, 15) is 14.9 Å². The fourth-order valence-electron chi connectivity index (χ4n) is 1.14. The summed E-state index contributed by atoms with van der Waals surface area (Å²) in [5.74, 6) is -0.418. The Hall–Kier alpha value is -1.67. The van der Waals surface area contributed by atoms with Crippen LogP contribution in [-0.2, 0) is 0 Å². The highest BCUT2D eigenvalue weighted by atomic mass is 32.2. The molecule has 0 aliphatic heterocycles. The number of nitrogens with two attached hydrogens (primary N) is 1. The summed E-state index contributed by atoms with van der Waals surface area (Å²) >= 11 is 1.16. The number of hydrogen-bond acceptors (Lipinski definition) is 6. The Labute approximate surface area is 102 Å². The molecule has 92 valence electrons. The lowest BCUT2D eigenvalue weighted by molar-refractivity contribution is -0.388. The summed E-state index contributed by atoms with van der Waals surface area (Å²) in [5.41, 5.74) is 5.22. The van der Waals surface area contributed by atoms with Gasteiger partial charge in [-0.05, 0) is 6.26 Å². The molecule has 0 aliphatic carbocycles. The standard InChI is InChI=1S/C9H12N4O3S/c1-17-9-7(13(15)16)4-6(5-12-9)8(14)11-3-2-10/h4-5H,2-3,10H2,1H3,(H,11,14). The van der Waals surface area contributed by atoms with E-state index in [1.54, 1.807) is 6.26 Å². The van der Waals surface area contributed by atoms with Crippen molar-refractivity contribution in [3.05, 3.63) is 27.9 Å². The zero-order valence-corrected chi connectivity index (χ0v) is 9.99. The van der Waals surface area contributed by atoms with E-state index in [4.69, 9.17) is 5.73 Å². The maximum absolute atomic E-state index is 11.5. The third-order valence-electron chi connectivity index (χ3n) is 1.91. The van der Waals surface area contributed by atoms with Crippen molar-refractivity contribution in [2.75, 3.05) is 19.3 Å². The lowest BCUT2D eigenvalue weighted by atomic mass is 10.2. The number of nitrogens with zero attached hydrogens (tertiary/aromatic N) is 2. The molecule has 0 saturated heterocycles. The summed E-state index contributed by atoms with van der Waals surface area (Å²) in [4.78, 5) is 25.6. The molecule has 0 aromatic carbocycles. The average Bonchev–Trinajstić information content (AvgIpc) is 2.34. The zero-order valence-electron chi connectivity index (χ0n) is 9.17. The van der Waals surface area contributed by atoms with Crippen molar-refractivity contribution in [1.29, 1.82) is 0 Å². The van der Waals surface area contributed by atoms with Gasteiger partial charge in [-0.3, -0.25) is 14.9 Å². The number of carbonyl (C=O) groups is 1. The predicted molar refractivity (Wildman–Crippen MR) is 64.1 cm³/mol. The first-order chi connectivity index (χ1) is 8.10. The van der Waals surface area contributed by atoms with Gasteiger partial charge in [0.25, 0.3) is 5.91 Å². The van der Waals surface area contributed by atoms with Gasteiger partial charge in [0.15, 0.2) is 5.03 Å². The van der Waals surface area contributed by atoms with Crippen molar-refractivity contribution in [3.63, 3.8) is 0 Å². The fourth-order valence-corrected chi connectivity index (χ4v) is 1.64. The van der Waals surface area contributed by atoms with Crippen LogP contribution in [0.3, 0.4) is 0 Å². The van der Waals surface area contributed by atoms with E-state index >= 15 is 0 Å². The Kier molecular flexibility index (Phi) is 4.85. The van der Waals surface area contributed by atoms with Crippen LogP contribution < -0.4 is 11.1 Å². The van der Waals surface area contributed by atoms with Gasteiger partial charge in [-0.1, -0.05) is 0 Å². The summed E-state index contributed by atoms with van der Waals surface area (Å²) in [6, 6.07) is 1.21. The van der Waals surface area contributed by atoms with Gasteiger partial charge in [-0.25, -0.2) is 4.98 Å². The molecule has 17 heavy (non-hydrogen) atoms. The summed E-state index contributed by atoms with van der Waals surface area (Å²) in [5, 5.41) is 13.6. The van der Waals surface area contributed by atoms with E-state index in [1.807, 2.05) is 0 Å². The highest BCUT2D eigenvalue weighted by Crippen LogP contribution is 2.25. The van der Waals surface area contributed by atoms with Crippen LogP contribution in [0.1, 0.15) is 10.4 Å². The van der Waals surface area contributed by atoms with Crippen LogP contribution in [0.15, 0.2) is 17.3 Å². The molecule has 1 aromatic rings. The summed E-state index contributed by atoms with van der Waals surface area (Å²) < 4.78 is 0. The van der Waals surface area contributed by atoms with Crippen LogP contribution in [0.4, 0.5) is 5.69 Å². The minimum absolute atomic E-state index is 0.156. The molecule has 3 N–H and O–H groups in total. The van der Waals surface area contributed by atoms with Crippen molar-refractivity contribution in [2.24, 2.45) is 5.73 Å². The monoisotopic (exact) mass is 256 g/mol. The molecular weight excluding hydrogens is 244 g/mol. The van der Waals surface area contributed by atoms with Crippen molar-refractivity contribution in [2.45, 2.75) is 5.03 Å². The lowest BCUT2D eigenvalue weighted by Crippen LogP contribution is -2.29. The maximum Gasteiger partial charge on any atom is 0.302 e. The van der Waals surface area contributed by atoms with Crippen molar-refractivity contribution in [1.82, 2.24) is 10.3 Å². The normalized spacial score (nSPS) is 10.0. The summed E-state index contributed by atoms with van der Waals surface area (Å²) in [6.45, 7) is 0.626. The Morgan fingerprint density at radius 2 is 2.41 bits per heavy atom. The number of nitro groups is 1. The van der Waals surface area contributed by atoms with Gasteiger partial charge in [0.1, 0.15) is 0 Å². The second-order valence-electron chi connectivity index (χ2n) is 3.05. The number of carbonyl (C=O) groups excluding carboxylic acids is 1. The number of thioether (sulfide) groups is 1. The van der Waals surface area contributed by atoms with Crippen molar-refractivity contribution >= 4 is 23.4 Å². The first-order valence-electron chi connectivity index (χ1n) is 4.76. The van der Waals surface area contributed by atoms with Gasteiger partial charge in [0, 0.05) is 25.4 Å². The van der Waals surface area contributed by atoms with Crippen LogP contribution in [0.5, 0.6) is 0 Å². The number of pyridine rings is 1. The molecule has 0 radical (unpaired) electrons. The average molecular weight is 256 g/mol. The van der Waals surface area contributed by atoms with Gasteiger partial charge >= 0.3 is 5.69 Å². The molecule has 0 aliphatic rings. The Balaban J connectivity index is 2.99. The van der Waals surface area contributed by atoms with Crippen LogP contribution >= 0.6 is 11.8 Å². The Morgan fingerprint density at radius 3 is 2.94 bits per heavy atom. The first kappa shape index (κ1) is 13.4. The minimum Gasteiger partial charge on any atom is -0.351 e. The number of rotatable bonds is 5. The molecule has 1 rings (SSSR count). The molecule has 0 spiro atoms. The van der Waals surface area contributed by atoms with Gasteiger partial charge in [-0.2, -0.15) is 0 Å². The molecule has 7 nitrogen and oxygen atoms in total. The van der Waals surface area contributed by atoms with E-state index in [-0.39, 0.29) is 16.3 Å². The van der Waals surface area contributed by atoms with E-state index in [2.05, 4.69) is 10.3 Å². The molecule has 1 aromatic heterocycles. The largest absolute Gasteiger partial charge is 0.351 e. The minimum atomic E-state index is -0.557. The zero-order chi connectivity index (χ0) is 12.8. The van der Waals surface area contributed by atoms with Crippen molar-refractivity contribution < 1.29 is 9.72 Å². The number of nitrogens with one attached hydrogen (secondary N) is 1. The first-order valence-corrected chi connectivity index (χ1v) is 5.99. The molecule has 0 fully saturated rings. The molecule has 0 saturated carbocycles. The van der Waals surface area contributed by atoms with E-state index < -0.39 is 10.8 Å². The number of aromatic nitrogens is 1. The molecule has 1 amide bonds. The highest BCUT2D eigenvalue weighted by Gasteiger charge is 2.18. The van der Waals surface area contributed by atoms with E-state index in [1.165, 1.54) is 12.3 Å². The Morgan fingerprint density at radius 1 is 1.71 bits per heavy atom. The van der Waals surface area contributed by atoms with Crippen LogP contribution in [0.2, 0.25) is 0 Å². The van der Waals surface area contributed by atoms with Gasteiger partial charge < -0.3 is 11.1 Å². The van der Waals surface area contributed by atoms with Gasteiger partial charge in [0.05, 0.1) is 10.5 Å². The maximum atomic E-state index is 11.5. The van der Waals surface area contributed by atoms with Gasteiger partial charge in [-0.15, -0.1) is 11.8 Å². The SMILES string of the molecule is CSc1ncc(C(=O)NCCN)cc1[N+](=O)[O-]. The third-order valence-corrected chi connectivity index (χ3v) is 2.62. The molecule has 0 bridgehead atoms. The third kappa shape index (κ3) is 3.40. The topological polar surface area (TPSA) is 111 Å². The van der Waals surface area contributed by atoms with Gasteiger partial charge in [0.2, 0.25) is 0 Å². The second kappa shape index (κ2) is 6.16.